The summed E-state index contributed by atoms with van der Waals surface area (Å²) in [6.45, 7) is 4.12. The number of pyridine rings is 1. The van der Waals surface area contributed by atoms with E-state index in [2.05, 4.69) is 20.6 Å². The minimum Gasteiger partial charge on any atom is -0.493 e. The molecule has 2 N–H and O–H groups in total. The zero-order valence-electron chi connectivity index (χ0n) is 22.0. The molecule has 3 aromatic rings. The molecule has 1 aliphatic carbocycles. The van der Waals surface area contributed by atoms with Gasteiger partial charge in [0.25, 0.3) is 17.0 Å². The Balaban J connectivity index is 1.27. The van der Waals surface area contributed by atoms with Crippen LogP contribution in [0.15, 0.2) is 48.8 Å². The van der Waals surface area contributed by atoms with E-state index in [0.29, 0.717) is 34.2 Å². The summed E-state index contributed by atoms with van der Waals surface area (Å²) in [4.78, 5) is 45.5. The molecular weight excluding hydrogens is 556 g/mol. The van der Waals surface area contributed by atoms with E-state index in [9.17, 15) is 14.4 Å². The van der Waals surface area contributed by atoms with Crippen LogP contribution in [0, 0.1) is 5.92 Å². The second kappa shape index (κ2) is 13.9. The molecule has 2 heterocycles. The summed E-state index contributed by atoms with van der Waals surface area (Å²) in [6.07, 6.45) is 9.08. The summed E-state index contributed by atoms with van der Waals surface area (Å²) in [5.41, 5.74) is 0.267. The minimum atomic E-state index is -0.585. The number of benzene rings is 1. The fourth-order valence-electron chi connectivity index (χ4n) is 3.37. The van der Waals surface area contributed by atoms with E-state index in [4.69, 9.17) is 25.8 Å². The largest absolute Gasteiger partial charge is 0.493 e. The summed E-state index contributed by atoms with van der Waals surface area (Å²) in [6, 6.07) is 7.84. The second-order valence-corrected chi connectivity index (χ2v) is 10.4. The highest BCUT2D eigenvalue weighted by Gasteiger charge is 2.22. The molecule has 0 spiro atoms. The number of esters is 1. The zero-order valence-corrected chi connectivity index (χ0v) is 23.6. The van der Waals surface area contributed by atoms with Crippen LogP contribution >= 0.6 is 22.9 Å². The Morgan fingerprint density at radius 3 is 2.75 bits per heavy atom. The van der Waals surface area contributed by atoms with Gasteiger partial charge < -0.3 is 24.8 Å². The predicted octanol–water partition coefficient (Wildman–Crippen LogP) is 4.90. The average molecular weight is 585 g/mol. The molecule has 4 rings (SSSR count). The van der Waals surface area contributed by atoms with Crippen LogP contribution in [0.4, 0.5) is 0 Å². The molecule has 210 valence electrons. The molecule has 40 heavy (non-hydrogen) atoms. The average Bonchev–Trinajstić information content (AvgIpc) is 3.67. The zero-order chi connectivity index (χ0) is 28.5. The molecule has 0 bridgehead atoms. The molecule has 0 unspecified atom stereocenters. The molecule has 1 aliphatic rings. The van der Waals surface area contributed by atoms with Gasteiger partial charge in [0.05, 0.1) is 23.1 Å². The molecule has 10 nitrogen and oxygen atoms in total. The first kappa shape index (κ1) is 29.0. The Kier molecular flexibility index (Phi) is 10.1. The highest BCUT2D eigenvalue weighted by molar-refractivity contribution is 7.14. The maximum atomic E-state index is 12.7. The quantitative estimate of drug-likeness (QED) is 0.272. The topological polar surface area (TPSA) is 129 Å². The smallest absolute Gasteiger partial charge is 0.325 e. The highest BCUT2D eigenvalue weighted by Crippen LogP contribution is 2.35. The van der Waals surface area contributed by atoms with Crippen molar-refractivity contribution >= 4 is 46.8 Å². The van der Waals surface area contributed by atoms with Crippen molar-refractivity contribution in [2.75, 3.05) is 19.8 Å². The second-order valence-electron chi connectivity index (χ2n) is 9.02. The third-order valence-electron chi connectivity index (χ3n) is 5.65. The molecule has 0 aliphatic heterocycles. The molecule has 0 radical (unpaired) electrons. The van der Waals surface area contributed by atoms with E-state index in [1.54, 1.807) is 25.3 Å². The van der Waals surface area contributed by atoms with Gasteiger partial charge in [0.15, 0.2) is 0 Å². The summed E-state index contributed by atoms with van der Waals surface area (Å²) in [5, 5.41) is 6.12. The lowest BCUT2D eigenvalue weighted by Crippen LogP contribution is -2.33. The van der Waals surface area contributed by atoms with E-state index in [1.807, 2.05) is 25.1 Å². The number of hydrogen-bond donors (Lipinski definition) is 2. The van der Waals surface area contributed by atoms with E-state index >= 15 is 0 Å². The Labute approximate surface area is 240 Å². The van der Waals surface area contributed by atoms with Gasteiger partial charge in [0, 0.05) is 30.1 Å². The van der Waals surface area contributed by atoms with Gasteiger partial charge >= 0.3 is 5.97 Å². The van der Waals surface area contributed by atoms with Gasteiger partial charge in [-0.25, -0.2) is 4.98 Å². The van der Waals surface area contributed by atoms with Gasteiger partial charge in [-0.15, -0.1) is 0 Å². The Morgan fingerprint density at radius 1 is 1.18 bits per heavy atom. The first-order chi connectivity index (χ1) is 19.3. The molecule has 2 aromatic heterocycles. The van der Waals surface area contributed by atoms with Crippen molar-refractivity contribution < 1.29 is 28.6 Å². The van der Waals surface area contributed by atoms with Crippen LogP contribution in [0.3, 0.4) is 0 Å². The van der Waals surface area contributed by atoms with Crippen molar-refractivity contribution in [1.29, 1.82) is 0 Å². The molecule has 12 heteroatoms. The summed E-state index contributed by atoms with van der Waals surface area (Å²) in [7, 11) is 0. The third kappa shape index (κ3) is 8.78. The maximum absolute atomic E-state index is 12.7. The standard InChI is InChI=1S/C28H29ClN4O6S/c1-3-37-25(34)15-31-27(36)23-12-19(10-11-30-23)26(35)33-17(2)4-8-21-14-32-28(40-21)39-24-9-7-20(13-22(24)29)38-16-18-5-6-18/h4,7-14,17-18H,3,5-6,15-16H2,1-2H3,(H,31,36)(H,33,35)/b8-4+/t17-/m0/s1. The van der Waals surface area contributed by atoms with Crippen molar-refractivity contribution in [3.63, 3.8) is 0 Å². The Morgan fingerprint density at radius 2 is 2.00 bits per heavy atom. The van der Waals surface area contributed by atoms with E-state index in [1.165, 1.54) is 42.5 Å². The molecule has 0 saturated heterocycles. The van der Waals surface area contributed by atoms with Crippen LogP contribution in [0.2, 0.25) is 5.02 Å². The lowest BCUT2D eigenvalue weighted by molar-refractivity contribution is -0.141. The van der Waals surface area contributed by atoms with E-state index in [0.717, 1.165) is 4.88 Å². The number of aromatic nitrogens is 2. The maximum Gasteiger partial charge on any atom is 0.325 e. The lowest BCUT2D eigenvalue weighted by Gasteiger charge is -2.10. The van der Waals surface area contributed by atoms with Crippen LogP contribution < -0.4 is 20.1 Å². The van der Waals surface area contributed by atoms with Crippen molar-refractivity contribution in [2.24, 2.45) is 5.92 Å². The van der Waals surface area contributed by atoms with Gasteiger partial charge in [-0.05, 0) is 62.9 Å². The van der Waals surface area contributed by atoms with Crippen LogP contribution in [-0.4, -0.2) is 53.6 Å². The number of amides is 2. The monoisotopic (exact) mass is 584 g/mol. The van der Waals surface area contributed by atoms with Crippen molar-refractivity contribution in [3.8, 4) is 16.7 Å². The lowest BCUT2D eigenvalue weighted by atomic mass is 10.2. The molecule has 1 atom stereocenters. The number of carbonyl (C=O) groups is 3. The number of rotatable bonds is 13. The van der Waals surface area contributed by atoms with Crippen molar-refractivity contribution in [3.05, 3.63) is 70.0 Å². The number of nitrogens with one attached hydrogen (secondary N) is 2. The fourth-order valence-corrected chi connectivity index (χ4v) is 4.27. The molecule has 1 aromatic carbocycles. The Bertz CT molecular complexity index is 1390. The summed E-state index contributed by atoms with van der Waals surface area (Å²) >= 11 is 7.69. The van der Waals surface area contributed by atoms with Gasteiger partial charge in [0.2, 0.25) is 0 Å². The number of ether oxygens (including phenoxy) is 3. The molecule has 1 fully saturated rings. The van der Waals surface area contributed by atoms with Crippen LogP contribution in [0.5, 0.6) is 16.7 Å². The minimum absolute atomic E-state index is 0.0119. The van der Waals surface area contributed by atoms with Gasteiger partial charge in [0.1, 0.15) is 23.7 Å². The number of hydrogen-bond acceptors (Lipinski definition) is 9. The number of halogens is 1. The Hall–Kier alpha value is -3.96. The highest BCUT2D eigenvalue weighted by atomic mass is 35.5. The normalized spacial score (nSPS) is 13.5. The first-order valence-corrected chi connectivity index (χ1v) is 13.9. The number of nitrogens with zero attached hydrogens (tertiary/aromatic N) is 2. The SMILES string of the molecule is CCOC(=O)CNC(=O)c1cc(C(=O)N[C@@H](C)/C=C/c2cnc(Oc3ccc(OCC4CC4)cc3Cl)s2)ccn1. The third-order valence-corrected chi connectivity index (χ3v) is 6.78. The van der Waals surface area contributed by atoms with Crippen molar-refractivity contribution in [1.82, 2.24) is 20.6 Å². The predicted molar refractivity (Wildman–Crippen MR) is 151 cm³/mol. The molecule has 2 amide bonds. The number of thiazole rings is 1. The van der Waals surface area contributed by atoms with Crippen LogP contribution in [0.25, 0.3) is 6.08 Å². The fraction of sp³-hybridized carbons (Fsp3) is 0.321. The van der Waals surface area contributed by atoms with Crippen LogP contribution in [-0.2, 0) is 9.53 Å². The van der Waals surface area contributed by atoms with Gasteiger partial charge in [-0.2, -0.15) is 0 Å². The molecule has 1 saturated carbocycles. The van der Waals surface area contributed by atoms with Gasteiger partial charge in [-0.1, -0.05) is 29.0 Å². The molecular formula is C28H29ClN4O6S. The van der Waals surface area contributed by atoms with Crippen molar-refractivity contribution in [2.45, 2.75) is 32.7 Å². The summed E-state index contributed by atoms with van der Waals surface area (Å²) in [5.74, 6) is 0.321. The van der Waals surface area contributed by atoms with Gasteiger partial charge in [-0.3, -0.25) is 19.4 Å². The van der Waals surface area contributed by atoms with Crippen LogP contribution in [0.1, 0.15) is 52.4 Å². The van der Waals surface area contributed by atoms with E-state index < -0.39 is 11.9 Å². The summed E-state index contributed by atoms with van der Waals surface area (Å²) < 4.78 is 16.4. The van der Waals surface area contributed by atoms with E-state index in [-0.39, 0.29) is 36.4 Å². The number of carbonyl (C=O) groups excluding carboxylic acids is 3. The first-order valence-electron chi connectivity index (χ1n) is 12.8.